The van der Waals surface area contributed by atoms with Crippen LogP contribution in [0.15, 0.2) is 30.3 Å². The third-order valence-electron chi connectivity index (χ3n) is 5.37. The Morgan fingerprint density at radius 3 is 2.79 bits per heavy atom. The van der Waals surface area contributed by atoms with E-state index < -0.39 is 0 Å². The summed E-state index contributed by atoms with van der Waals surface area (Å²) in [5.74, 6) is 3.02. The van der Waals surface area contributed by atoms with E-state index in [-0.39, 0.29) is 0 Å². The van der Waals surface area contributed by atoms with Crippen LogP contribution >= 0.6 is 0 Å². The molecule has 2 aromatic rings. The Morgan fingerprint density at radius 1 is 1.08 bits per heavy atom. The molecule has 126 valence electrons. The average Bonchev–Trinajstić information content (AvgIpc) is 3.05. The van der Waals surface area contributed by atoms with Crippen LogP contribution in [-0.4, -0.2) is 29.1 Å². The Balaban J connectivity index is 1.70. The summed E-state index contributed by atoms with van der Waals surface area (Å²) in [5, 5.41) is 0. The second kappa shape index (κ2) is 6.42. The van der Waals surface area contributed by atoms with E-state index >= 15 is 0 Å². The van der Waals surface area contributed by atoms with E-state index in [1.165, 1.54) is 36.9 Å². The largest absolute Gasteiger partial charge is 0.353 e. The number of fused-ring (bicyclic) bond motifs is 1. The molecule has 0 aliphatic carbocycles. The maximum atomic E-state index is 4.77. The summed E-state index contributed by atoms with van der Waals surface area (Å²) in [4.78, 5) is 14.4. The lowest BCUT2D eigenvalue weighted by molar-refractivity contribution is 0.446. The molecule has 0 bridgehead atoms. The Morgan fingerprint density at radius 2 is 1.92 bits per heavy atom. The predicted octanol–water partition coefficient (Wildman–Crippen LogP) is 4.25. The van der Waals surface area contributed by atoms with Crippen molar-refractivity contribution in [3.05, 3.63) is 41.7 Å². The maximum absolute atomic E-state index is 4.77. The van der Waals surface area contributed by atoms with Crippen LogP contribution in [0, 0.1) is 6.92 Å². The number of benzene rings is 1. The minimum Gasteiger partial charge on any atom is -0.353 e. The Hall–Kier alpha value is -2.10. The highest BCUT2D eigenvalue weighted by Crippen LogP contribution is 2.35. The van der Waals surface area contributed by atoms with E-state index in [0.29, 0.717) is 6.04 Å². The van der Waals surface area contributed by atoms with Crippen molar-refractivity contribution < 1.29 is 0 Å². The van der Waals surface area contributed by atoms with Crippen LogP contribution in [0.4, 0.5) is 17.3 Å². The molecule has 3 heterocycles. The van der Waals surface area contributed by atoms with E-state index in [9.17, 15) is 0 Å². The molecule has 4 rings (SSSR count). The minimum atomic E-state index is 0.617. The first-order valence-corrected chi connectivity index (χ1v) is 9.24. The van der Waals surface area contributed by atoms with E-state index in [1.54, 1.807) is 0 Å². The van der Waals surface area contributed by atoms with Crippen LogP contribution in [-0.2, 0) is 6.42 Å². The quantitative estimate of drug-likeness (QED) is 0.845. The highest BCUT2D eigenvalue weighted by Gasteiger charge is 2.25. The molecule has 1 aromatic carbocycles. The third kappa shape index (κ3) is 2.74. The molecule has 0 N–H and O–H groups in total. The predicted molar refractivity (Wildman–Crippen MR) is 99.2 cm³/mol. The van der Waals surface area contributed by atoms with Crippen molar-refractivity contribution in [2.24, 2.45) is 0 Å². The lowest BCUT2D eigenvalue weighted by Crippen LogP contribution is -2.39. The Bertz CT molecular complexity index is 727. The van der Waals surface area contributed by atoms with Gasteiger partial charge in [0, 0.05) is 30.9 Å². The van der Waals surface area contributed by atoms with E-state index in [4.69, 9.17) is 9.97 Å². The summed E-state index contributed by atoms with van der Waals surface area (Å²) >= 11 is 0. The zero-order valence-corrected chi connectivity index (χ0v) is 14.7. The number of anilines is 3. The first-order chi connectivity index (χ1) is 11.8. The number of piperidine rings is 1. The van der Waals surface area contributed by atoms with Gasteiger partial charge < -0.3 is 9.80 Å². The molecule has 24 heavy (non-hydrogen) atoms. The molecule has 1 atom stereocenters. The summed E-state index contributed by atoms with van der Waals surface area (Å²) in [6.45, 7) is 6.42. The van der Waals surface area contributed by atoms with Gasteiger partial charge in [-0.1, -0.05) is 25.1 Å². The number of nitrogens with zero attached hydrogens (tertiary/aromatic N) is 4. The fraction of sp³-hybridized carbons (Fsp3) is 0.500. The summed E-state index contributed by atoms with van der Waals surface area (Å²) < 4.78 is 0. The summed E-state index contributed by atoms with van der Waals surface area (Å²) in [6, 6.07) is 11.5. The van der Waals surface area contributed by atoms with Crippen molar-refractivity contribution in [3.63, 3.8) is 0 Å². The van der Waals surface area contributed by atoms with Crippen LogP contribution in [0.5, 0.6) is 0 Å². The lowest BCUT2D eigenvalue weighted by Gasteiger charge is -2.36. The van der Waals surface area contributed by atoms with Crippen LogP contribution in [0.2, 0.25) is 0 Å². The number of aryl methyl sites for hydroxylation is 1. The van der Waals surface area contributed by atoms with Gasteiger partial charge in [0.25, 0.3) is 0 Å². The monoisotopic (exact) mass is 322 g/mol. The van der Waals surface area contributed by atoms with Gasteiger partial charge in [-0.2, -0.15) is 0 Å². The smallest absolute Gasteiger partial charge is 0.138 e. The zero-order valence-electron chi connectivity index (χ0n) is 14.7. The third-order valence-corrected chi connectivity index (χ3v) is 5.37. The lowest BCUT2D eigenvalue weighted by atomic mass is 10.00. The molecular formula is C20H26N4. The SMILES string of the molecule is CCC1CCCCN1c1cc(N2CCc3ccccc32)nc(C)n1. The zero-order chi connectivity index (χ0) is 16.5. The van der Waals surface area contributed by atoms with Gasteiger partial charge in [-0.05, 0) is 50.7 Å². The van der Waals surface area contributed by atoms with Gasteiger partial charge in [0.05, 0.1) is 0 Å². The van der Waals surface area contributed by atoms with Crippen molar-refractivity contribution in [3.8, 4) is 0 Å². The maximum Gasteiger partial charge on any atom is 0.138 e. The minimum absolute atomic E-state index is 0.617. The van der Waals surface area contributed by atoms with Gasteiger partial charge in [0.1, 0.15) is 17.5 Å². The van der Waals surface area contributed by atoms with E-state index in [0.717, 1.165) is 37.0 Å². The molecular weight excluding hydrogens is 296 g/mol. The summed E-state index contributed by atoms with van der Waals surface area (Å²) in [5.41, 5.74) is 2.71. The molecule has 1 fully saturated rings. The molecule has 4 nitrogen and oxygen atoms in total. The van der Waals surface area contributed by atoms with Crippen LogP contribution < -0.4 is 9.80 Å². The normalized spacial score (nSPS) is 20.3. The molecule has 2 aliphatic rings. The standard InChI is InChI=1S/C20H26N4/c1-3-17-9-6-7-12-23(17)19-14-20(22-15(2)21-19)24-13-11-16-8-4-5-10-18(16)24/h4-5,8,10,14,17H,3,6-7,9,11-13H2,1-2H3. The second-order valence-electron chi connectivity index (χ2n) is 6.91. The summed E-state index contributed by atoms with van der Waals surface area (Å²) in [7, 11) is 0. The molecule has 1 aromatic heterocycles. The Labute approximate surface area is 144 Å². The highest BCUT2D eigenvalue weighted by molar-refractivity contribution is 5.69. The Kier molecular flexibility index (Phi) is 4.13. The van der Waals surface area contributed by atoms with Gasteiger partial charge >= 0.3 is 0 Å². The molecule has 1 unspecified atom stereocenters. The van der Waals surface area contributed by atoms with Crippen molar-refractivity contribution in [2.45, 2.75) is 52.0 Å². The molecule has 4 heteroatoms. The molecule has 1 saturated heterocycles. The summed E-state index contributed by atoms with van der Waals surface area (Å²) in [6.07, 6.45) is 6.16. The van der Waals surface area contributed by atoms with Gasteiger partial charge in [0.15, 0.2) is 0 Å². The van der Waals surface area contributed by atoms with Crippen molar-refractivity contribution in [2.75, 3.05) is 22.9 Å². The molecule has 0 spiro atoms. The highest BCUT2D eigenvalue weighted by atomic mass is 15.3. The fourth-order valence-corrected chi connectivity index (χ4v) is 4.12. The fourth-order valence-electron chi connectivity index (χ4n) is 4.12. The number of hydrogen-bond acceptors (Lipinski definition) is 4. The number of para-hydroxylation sites is 1. The van der Waals surface area contributed by atoms with E-state index in [2.05, 4.69) is 47.1 Å². The van der Waals surface area contributed by atoms with Gasteiger partial charge in [-0.15, -0.1) is 0 Å². The molecule has 0 radical (unpaired) electrons. The van der Waals surface area contributed by atoms with Gasteiger partial charge in [-0.3, -0.25) is 0 Å². The van der Waals surface area contributed by atoms with Crippen molar-refractivity contribution in [1.29, 1.82) is 0 Å². The number of rotatable bonds is 3. The first-order valence-electron chi connectivity index (χ1n) is 9.24. The van der Waals surface area contributed by atoms with Crippen LogP contribution in [0.3, 0.4) is 0 Å². The van der Waals surface area contributed by atoms with Gasteiger partial charge in [-0.25, -0.2) is 9.97 Å². The van der Waals surface area contributed by atoms with E-state index in [1.807, 2.05) is 6.92 Å². The number of aromatic nitrogens is 2. The van der Waals surface area contributed by atoms with Crippen LogP contribution in [0.1, 0.15) is 44.0 Å². The molecule has 2 aliphatic heterocycles. The topological polar surface area (TPSA) is 32.3 Å². The first kappa shape index (κ1) is 15.4. The van der Waals surface area contributed by atoms with Crippen molar-refractivity contribution >= 4 is 17.3 Å². The number of hydrogen-bond donors (Lipinski definition) is 0. The van der Waals surface area contributed by atoms with Gasteiger partial charge in [0.2, 0.25) is 0 Å². The van der Waals surface area contributed by atoms with Crippen LogP contribution in [0.25, 0.3) is 0 Å². The second-order valence-corrected chi connectivity index (χ2v) is 6.91. The van der Waals surface area contributed by atoms with Crippen molar-refractivity contribution in [1.82, 2.24) is 9.97 Å². The molecule has 0 amide bonds. The average molecular weight is 322 g/mol. The molecule has 0 saturated carbocycles.